The number of carbonyl (C=O) groups excluding carboxylic acids is 1. The fourth-order valence-electron chi connectivity index (χ4n) is 2.81. The molecular formula is C17H28N4O3S. The van der Waals surface area contributed by atoms with Crippen LogP contribution in [0.1, 0.15) is 24.9 Å². The van der Waals surface area contributed by atoms with Crippen LogP contribution in [0.25, 0.3) is 0 Å². The minimum atomic E-state index is -3.34. The number of hydrogen-bond donors (Lipinski definition) is 1. The molecule has 0 spiro atoms. The van der Waals surface area contributed by atoms with Gasteiger partial charge in [-0.3, -0.25) is 4.79 Å². The molecule has 7 nitrogen and oxygen atoms in total. The van der Waals surface area contributed by atoms with Gasteiger partial charge in [0, 0.05) is 53.2 Å². The Morgan fingerprint density at radius 3 is 2.32 bits per heavy atom. The topological polar surface area (TPSA) is 73.0 Å². The number of carbonyl (C=O) groups is 1. The number of benzene rings is 1. The van der Waals surface area contributed by atoms with Crippen LogP contribution in [0.4, 0.5) is 0 Å². The molecule has 0 aliphatic carbocycles. The van der Waals surface area contributed by atoms with Gasteiger partial charge in [0.2, 0.25) is 5.91 Å². The summed E-state index contributed by atoms with van der Waals surface area (Å²) in [6.45, 7) is 4.83. The van der Waals surface area contributed by atoms with Crippen molar-refractivity contribution in [3.63, 3.8) is 0 Å². The highest BCUT2D eigenvalue weighted by atomic mass is 32.2. The lowest BCUT2D eigenvalue weighted by Crippen LogP contribution is -2.52. The largest absolute Gasteiger partial charge is 0.350 e. The highest BCUT2D eigenvalue weighted by Gasteiger charge is 2.28. The zero-order valence-electron chi connectivity index (χ0n) is 15.2. The summed E-state index contributed by atoms with van der Waals surface area (Å²) < 4.78 is 26.9. The van der Waals surface area contributed by atoms with Crippen molar-refractivity contribution in [3.8, 4) is 0 Å². The van der Waals surface area contributed by atoms with Crippen molar-refractivity contribution in [3.05, 3.63) is 35.9 Å². The zero-order chi connectivity index (χ0) is 18.4. The summed E-state index contributed by atoms with van der Waals surface area (Å²) in [4.78, 5) is 14.3. The van der Waals surface area contributed by atoms with Gasteiger partial charge in [-0.2, -0.15) is 17.0 Å². The van der Waals surface area contributed by atoms with Crippen LogP contribution in [-0.4, -0.2) is 74.7 Å². The van der Waals surface area contributed by atoms with Crippen molar-refractivity contribution in [2.45, 2.75) is 19.4 Å². The van der Waals surface area contributed by atoms with Gasteiger partial charge in [-0.15, -0.1) is 0 Å². The molecule has 1 saturated heterocycles. The molecule has 1 atom stereocenters. The van der Waals surface area contributed by atoms with E-state index in [2.05, 4.69) is 10.2 Å². The molecule has 25 heavy (non-hydrogen) atoms. The minimum Gasteiger partial charge on any atom is -0.350 e. The van der Waals surface area contributed by atoms with Gasteiger partial charge in [0.1, 0.15) is 0 Å². The second-order valence-corrected chi connectivity index (χ2v) is 8.62. The van der Waals surface area contributed by atoms with Gasteiger partial charge in [-0.05, 0) is 12.5 Å². The van der Waals surface area contributed by atoms with Gasteiger partial charge in [0.05, 0.1) is 6.04 Å². The van der Waals surface area contributed by atoms with Crippen LogP contribution in [0, 0.1) is 0 Å². The number of hydrogen-bond acceptors (Lipinski definition) is 4. The van der Waals surface area contributed by atoms with Gasteiger partial charge in [-0.1, -0.05) is 30.3 Å². The lowest BCUT2D eigenvalue weighted by molar-refractivity contribution is -0.122. The van der Waals surface area contributed by atoms with E-state index in [0.29, 0.717) is 39.1 Å². The van der Waals surface area contributed by atoms with Crippen LogP contribution >= 0.6 is 0 Å². The molecule has 1 aromatic rings. The summed E-state index contributed by atoms with van der Waals surface area (Å²) in [6, 6.07) is 9.84. The Hall–Kier alpha value is -1.48. The first-order valence-corrected chi connectivity index (χ1v) is 9.94. The number of piperazine rings is 1. The normalized spacial score (nSPS) is 18.2. The molecule has 0 radical (unpaired) electrons. The number of rotatable bonds is 7. The molecule has 1 fully saturated rings. The molecule has 8 heteroatoms. The predicted molar refractivity (Wildman–Crippen MR) is 98.2 cm³/mol. The Morgan fingerprint density at radius 1 is 1.16 bits per heavy atom. The van der Waals surface area contributed by atoms with Crippen LogP contribution in [0.15, 0.2) is 30.3 Å². The average molecular weight is 369 g/mol. The predicted octanol–water partition coefficient (Wildman–Crippen LogP) is 0.678. The Labute approximate surface area is 150 Å². The summed E-state index contributed by atoms with van der Waals surface area (Å²) in [5.74, 6) is 0.0136. The van der Waals surface area contributed by atoms with E-state index >= 15 is 0 Å². The van der Waals surface area contributed by atoms with Crippen LogP contribution < -0.4 is 5.32 Å². The van der Waals surface area contributed by atoms with E-state index in [1.165, 1.54) is 8.61 Å². The maximum absolute atomic E-state index is 12.1. The molecule has 1 aromatic carbocycles. The van der Waals surface area contributed by atoms with E-state index in [9.17, 15) is 13.2 Å². The third-order valence-corrected chi connectivity index (χ3v) is 6.39. The first-order chi connectivity index (χ1) is 11.8. The molecule has 0 bridgehead atoms. The Morgan fingerprint density at radius 2 is 1.76 bits per heavy atom. The zero-order valence-corrected chi connectivity index (χ0v) is 16.0. The van der Waals surface area contributed by atoms with Gasteiger partial charge in [-0.25, -0.2) is 0 Å². The first kappa shape index (κ1) is 19.8. The third kappa shape index (κ3) is 5.50. The molecule has 1 aliphatic rings. The minimum absolute atomic E-state index is 0.0136. The van der Waals surface area contributed by atoms with Crippen molar-refractivity contribution in [2.75, 3.05) is 46.8 Å². The van der Waals surface area contributed by atoms with Crippen LogP contribution in [0.5, 0.6) is 0 Å². The quantitative estimate of drug-likeness (QED) is 0.768. The lowest BCUT2D eigenvalue weighted by atomic mass is 10.1. The molecule has 2 rings (SSSR count). The summed E-state index contributed by atoms with van der Waals surface area (Å²) in [7, 11) is -0.257. The molecular weight excluding hydrogens is 340 g/mol. The maximum Gasteiger partial charge on any atom is 0.281 e. The van der Waals surface area contributed by atoms with Crippen molar-refractivity contribution in [1.29, 1.82) is 0 Å². The van der Waals surface area contributed by atoms with Crippen molar-refractivity contribution in [1.82, 2.24) is 18.8 Å². The fourth-order valence-corrected chi connectivity index (χ4v) is 3.90. The van der Waals surface area contributed by atoms with Gasteiger partial charge in [0.15, 0.2) is 0 Å². The molecule has 0 aromatic heterocycles. The Bertz CT molecular complexity index is 656. The monoisotopic (exact) mass is 368 g/mol. The smallest absolute Gasteiger partial charge is 0.281 e. The summed E-state index contributed by atoms with van der Waals surface area (Å²) in [5, 5.41) is 3.01. The molecule has 0 unspecified atom stereocenters. The SMILES string of the molecule is C[C@@H](NC(=O)CCN1CCN(S(=O)(=O)N(C)C)CC1)c1ccccc1. The summed E-state index contributed by atoms with van der Waals surface area (Å²) >= 11 is 0. The average Bonchev–Trinajstić information content (AvgIpc) is 2.61. The number of nitrogens with zero attached hydrogens (tertiary/aromatic N) is 3. The fraction of sp³-hybridized carbons (Fsp3) is 0.588. The highest BCUT2D eigenvalue weighted by Crippen LogP contribution is 2.12. The molecule has 140 valence electrons. The van der Waals surface area contributed by atoms with Crippen molar-refractivity contribution < 1.29 is 13.2 Å². The lowest BCUT2D eigenvalue weighted by Gasteiger charge is -2.35. The van der Waals surface area contributed by atoms with E-state index in [0.717, 1.165) is 5.56 Å². The summed E-state index contributed by atoms with van der Waals surface area (Å²) in [6.07, 6.45) is 0.414. The second-order valence-electron chi connectivity index (χ2n) is 6.48. The molecule has 1 heterocycles. The number of amides is 1. The van der Waals surface area contributed by atoms with E-state index < -0.39 is 10.2 Å². The van der Waals surface area contributed by atoms with E-state index in [4.69, 9.17) is 0 Å². The van der Waals surface area contributed by atoms with Crippen LogP contribution in [0.3, 0.4) is 0 Å². The Balaban J connectivity index is 1.73. The molecule has 1 N–H and O–H groups in total. The molecule has 1 amide bonds. The Kier molecular flexibility index (Phi) is 6.95. The maximum atomic E-state index is 12.1. The van der Waals surface area contributed by atoms with E-state index in [-0.39, 0.29) is 11.9 Å². The van der Waals surface area contributed by atoms with Gasteiger partial charge in [0.25, 0.3) is 10.2 Å². The van der Waals surface area contributed by atoms with E-state index in [1.807, 2.05) is 37.3 Å². The van der Waals surface area contributed by atoms with Crippen molar-refractivity contribution in [2.24, 2.45) is 0 Å². The highest BCUT2D eigenvalue weighted by molar-refractivity contribution is 7.86. The van der Waals surface area contributed by atoms with Gasteiger partial charge >= 0.3 is 0 Å². The second kappa shape index (κ2) is 8.75. The summed E-state index contributed by atoms with van der Waals surface area (Å²) in [5.41, 5.74) is 1.08. The molecule has 0 saturated carbocycles. The molecule has 1 aliphatic heterocycles. The van der Waals surface area contributed by atoms with Crippen molar-refractivity contribution >= 4 is 16.1 Å². The van der Waals surface area contributed by atoms with Crippen LogP contribution in [0.2, 0.25) is 0 Å². The van der Waals surface area contributed by atoms with E-state index in [1.54, 1.807) is 14.1 Å². The number of nitrogens with one attached hydrogen (secondary N) is 1. The third-order valence-electron chi connectivity index (χ3n) is 4.45. The standard InChI is InChI=1S/C17H28N4O3S/c1-15(16-7-5-4-6-8-16)18-17(22)9-10-20-11-13-21(14-12-20)25(23,24)19(2)3/h4-8,15H,9-14H2,1-3H3,(H,18,22)/t15-/m1/s1. The van der Waals surface area contributed by atoms with Gasteiger partial charge < -0.3 is 10.2 Å². The van der Waals surface area contributed by atoms with Crippen LogP contribution in [-0.2, 0) is 15.0 Å². The first-order valence-electron chi connectivity index (χ1n) is 8.55.